The summed E-state index contributed by atoms with van der Waals surface area (Å²) in [6.07, 6.45) is 1.88. The summed E-state index contributed by atoms with van der Waals surface area (Å²) < 4.78 is 5.38. The molecule has 2 aromatic heterocycles. The number of amides is 1. The molecule has 19 heavy (non-hydrogen) atoms. The third-order valence-electron chi connectivity index (χ3n) is 2.69. The number of hydrogen-bond donors (Lipinski definition) is 2. The van der Waals surface area contributed by atoms with E-state index in [0.29, 0.717) is 17.2 Å². The van der Waals surface area contributed by atoms with E-state index in [1.165, 1.54) is 0 Å². The van der Waals surface area contributed by atoms with Crippen LogP contribution in [0.2, 0.25) is 0 Å². The van der Waals surface area contributed by atoms with Crippen molar-refractivity contribution in [2.75, 3.05) is 5.32 Å². The molecule has 0 aliphatic rings. The summed E-state index contributed by atoms with van der Waals surface area (Å²) in [4.78, 5) is 16.0. The topological polar surface area (TPSA) is 83.8 Å². The van der Waals surface area contributed by atoms with Crippen molar-refractivity contribution in [1.82, 2.24) is 15.2 Å². The molecule has 0 saturated heterocycles. The van der Waals surface area contributed by atoms with E-state index >= 15 is 0 Å². The molecule has 3 rings (SSSR count). The first-order valence-corrected chi connectivity index (χ1v) is 5.86. The van der Waals surface area contributed by atoms with E-state index in [2.05, 4.69) is 20.5 Å². The van der Waals surface area contributed by atoms with Gasteiger partial charge in [0.1, 0.15) is 5.52 Å². The van der Waals surface area contributed by atoms with Gasteiger partial charge in [-0.15, -0.1) is 0 Å². The van der Waals surface area contributed by atoms with Crippen molar-refractivity contribution in [3.8, 4) is 0 Å². The highest BCUT2D eigenvalue weighted by molar-refractivity contribution is 5.93. The molecule has 2 heterocycles. The second-order valence-electron chi connectivity index (χ2n) is 4.22. The summed E-state index contributed by atoms with van der Waals surface area (Å²) in [5.74, 6) is 0.500. The van der Waals surface area contributed by atoms with Gasteiger partial charge >= 0.3 is 0 Å². The van der Waals surface area contributed by atoms with Crippen molar-refractivity contribution in [2.24, 2.45) is 0 Å². The van der Waals surface area contributed by atoms with Crippen molar-refractivity contribution in [3.05, 3.63) is 42.0 Å². The highest BCUT2D eigenvalue weighted by Crippen LogP contribution is 2.19. The summed E-state index contributed by atoms with van der Waals surface area (Å²) >= 11 is 0. The summed E-state index contributed by atoms with van der Waals surface area (Å²) in [5, 5.41) is 9.36. The molecule has 96 valence electrons. The predicted octanol–water partition coefficient (Wildman–Crippen LogP) is 2.04. The highest BCUT2D eigenvalue weighted by atomic mass is 16.3. The minimum Gasteiger partial charge on any atom is -0.441 e. The smallest absolute Gasteiger partial charge is 0.230 e. The molecule has 6 heteroatoms. The standard InChI is InChI=1S/C13H12N4O2/c1-8-15-11-6-9(2-3-12(11)19-8)16-13(18)7-10-4-5-14-17-10/h2-6H,7H2,1H3,(H,14,17)(H,16,18). The number of carbonyl (C=O) groups is 1. The van der Waals surface area contributed by atoms with E-state index in [1.54, 1.807) is 37.4 Å². The summed E-state index contributed by atoms with van der Waals surface area (Å²) in [5.41, 5.74) is 2.92. The van der Waals surface area contributed by atoms with Crippen molar-refractivity contribution in [2.45, 2.75) is 13.3 Å². The molecule has 0 radical (unpaired) electrons. The Morgan fingerprint density at radius 2 is 2.32 bits per heavy atom. The number of benzene rings is 1. The van der Waals surface area contributed by atoms with Crippen LogP contribution in [0.3, 0.4) is 0 Å². The lowest BCUT2D eigenvalue weighted by Gasteiger charge is -2.03. The fraction of sp³-hybridized carbons (Fsp3) is 0.154. The summed E-state index contributed by atoms with van der Waals surface area (Å²) in [6, 6.07) is 7.14. The van der Waals surface area contributed by atoms with E-state index in [0.717, 1.165) is 11.2 Å². The van der Waals surface area contributed by atoms with E-state index in [9.17, 15) is 4.79 Å². The largest absolute Gasteiger partial charge is 0.441 e. The molecule has 0 unspecified atom stereocenters. The van der Waals surface area contributed by atoms with Crippen LogP contribution < -0.4 is 5.32 Å². The Morgan fingerprint density at radius 1 is 1.42 bits per heavy atom. The molecule has 2 N–H and O–H groups in total. The van der Waals surface area contributed by atoms with Gasteiger partial charge in [0.05, 0.1) is 6.42 Å². The van der Waals surface area contributed by atoms with Crippen LogP contribution >= 0.6 is 0 Å². The number of nitrogens with one attached hydrogen (secondary N) is 2. The van der Waals surface area contributed by atoms with Crippen molar-refractivity contribution in [3.63, 3.8) is 0 Å². The predicted molar refractivity (Wildman–Crippen MR) is 69.7 cm³/mol. The lowest BCUT2D eigenvalue weighted by Crippen LogP contribution is -2.14. The average Bonchev–Trinajstić information content (AvgIpc) is 2.96. The fourth-order valence-electron chi connectivity index (χ4n) is 1.88. The second-order valence-corrected chi connectivity index (χ2v) is 4.22. The number of oxazole rings is 1. The van der Waals surface area contributed by atoms with Gasteiger partial charge in [0, 0.05) is 24.5 Å². The van der Waals surface area contributed by atoms with E-state index in [1.807, 2.05) is 0 Å². The number of H-pyrrole nitrogens is 1. The van der Waals surface area contributed by atoms with Crippen LogP contribution in [-0.2, 0) is 11.2 Å². The first kappa shape index (κ1) is 11.5. The molecule has 3 aromatic rings. The minimum absolute atomic E-state index is 0.108. The van der Waals surface area contributed by atoms with Gasteiger partial charge in [0.2, 0.25) is 5.91 Å². The third kappa shape index (κ3) is 2.47. The third-order valence-corrected chi connectivity index (χ3v) is 2.69. The van der Waals surface area contributed by atoms with Gasteiger partial charge < -0.3 is 9.73 Å². The lowest BCUT2D eigenvalue weighted by molar-refractivity contribution is -0.115. The van der Waals surface area contributed by atoms with E-state index in [4.69, 9.17) is 4.42 Å². The highest BCUT2D eigenvalue weighted by Gasteiger charge is 2.07. The van der Waals surface area contributed by atoms with Gasteiger partial charge in [-0.05, 0) is 24.3 Å². The molecular formula is C13H12N4O2. The zero-order chi connectivity index (χ0) is 13.2. The minimum atomic E-state index is -0.108. The molecule has 1 aromatic carbocycles. The number of fused-ring (bicyclic) bond motifs is 1. The van der Waals surface area contributed by atoms with Gasteiger partial charge in [0.15, 0.2) is 11.5 Å². The quantitative estimate of drug-likeness (QED) is 0.751. The Hall–Kier alpha value is -2.63. The molecule has 1 amide bonds. The Labute approximate surface area is 108 Å². The zero-order valence-electron chi connectivity index (χ0n) is 10.3. The lowest BCUT2D eigenvalue weighted by atomic mass is 10.2. The zero-order valence-corrected chi connectivity index (χ0v) is 10.3. The van der Waals surface area contributed by atoms with Crippen LogP contribution in [0.15, 0.2) is 34.9 Å². The van der Waals surface area contributed by atoms with Gasteiger partial charge in [-0.25, -0.2) is 4.98 Å². The van der Waals surface area contributed by atoms with E-state index < -0.39 is 0 Å². The van der Waals surface area contributed by atoms with Crippen molar-refractivity contribution in [1.29, 1.82) is 0 Å². The Morgan fingerprint density at radius 3 is 3.11 bits per heavy atom. The van der Waals surface area contributed by atoms with Crippen LogP contribution in [0.4, 0.5) is 5.69 Å². The number of carbonyl (C=O) groups excluding carboxylic acids is 1. The van der Waals surface area contributed by atoms with Crippen LogP contribution in [0.1, 0.15) is 11.6 Å². The Balaban J connectivity index is 1.75. The van der Waals surface area contributed by atoms with Gasteiger partial charge in [0.25, 0.3) is 0 Å². The maximum absolute atomic E-state index is 11.8. The maximum Gasteiger partial charge on any atom is 0.230 e. The Kier molecular flexibility index (Phi) is 2.75. The normalized spacial score (nSPS) is 10.8. The molecule has 0 bridgehead atoms. The number of aryl methyl sites for hydroxylation is 1. The van der Waals surface area contributed by atoms with Gasteiger partial charge in [-0.3, -0.25) is 9.89 Å². The molecule has 0 fully saturated rings. The van der Waals surface area contributed by atoms with Gasteiger partial charge in [-0.1, -0.05) is 0 Å². The number of rotatable bonds is 3. The number of hydrogen-bond acceptors (Lipinski definition) is 4. The Bertz CT molecular complexity index is 715. The summed E-state index contributed by atoms with van der Waals surface area (Å²) in [7, 11) is 0. The molecule has 0 saturated carbocycles. The average molecular weight is 256 g/mol. The monoisotopic (exact) mass is 256 g/mol. The first-order valence-electron chi connectivity index (χ1n) is 5.86. The summed E-state index contributed by atoms with van der Waals surface area (Å²) in [6.45, 7) is 1.79. The molecule has 0 spiro atoms. The SMILES string of the molecule is Cc1nc2cc(NC(=O)Cc3ccn[nH]3)ccc2o1. The number of aromatic amines is 1. The molecule has 0 aliphatic carbocycles. The number of aromatic nitrogens is 3. The van der Waals surface area contributed by atoms with Crippen molar-refractivity contribution >= 4 is 22.7 Å². The molecule has 6 nitrogen and oxygen atoms in total. The van der Waals surface area contributed by atoms with Crippen molar-refractivity contribution < 1.29 is 9.21 Å². The number of nitrogens with zero attached hydrogens (tertiary/aromatic N) is 2. The van der Waals surface area contributed by atoms with Crippen LogP contribution in [0.5, 0.6) is 0 Å². The van der Waals surface area contributed by atoms with Gasteiger partial charge in [-0.2, -0.15) is 5.10 Å². The van der Waals surface area contributed by atoms with E-state index in [-0.39, 0.29) is 12.3 Å². The maximum atomic E-state index is 11.8. The van der Waals surface area contributed by atoms with Crippen LogP contribution in [0.25, 0.3) is 11.1 Å². The van der Waals surface area contributed by atoms with Crippen LogP contribution in [0, 0.1) is 6.92 Å². The second kappa shape index (κ2) is 4.56. The first-order chi connectivity index (χ1) is 9.20. The van der Waals surface area contributed by atoms with Crippen LogP contribution in [-0.4, -0.2) is 21.1 Å². The molecule has 0 aliphatic heterocycles. The molecular weight excluding hydrogens is 244 g/mol. The fourth-order valence-corrected chi connectivity index (χ4v) is 1.88. The molecule has 0 atom stereocenters. The number of anilines is 1.